The minimum absolute atomic E-state index is 0.369. The van der Waals surface area contributed by atoms with E-state index in [1.807, 2.05) is 14.0 Å². The summed E-state index contributed by atoms with van der Waals surface area (Å²) in [5.41, 5.74) is 1.40. The molecule has 1 aliphatic rings. The molecule has 1 N–H and O–H groups in total. The number of anilines is 1. The maximum absolute atomic E-state index is 4.34. The van der Waals surface area contributed by atoms with Crippen LogP contribution in [0.25, 0.3) is 0 Å². The molecule has 2 rings (SSSR count). The molecular weight excluding hydrogens is 200 g/mol. The molecule has 1 fully saturated rings. The largest absolute Gasteiger partial charge is 0.356 e. The Balaban J connectivity index is 2.09. The zero-order chi connectivity index (χ0) is 11.6. The fourth-order valence-corrected chi connectivity index (χ4v) is 2.40. The lowest BCUT2D eigenvalue weighted by Gasteiger charge is -2.24. The molecule has 0 aliphatic carbocycles. The average molecular weight is 220 g/mol. The molecule has 0 amide bonds. The van der Waals surface area contributed by atoms with Crippen molar-refractivity contribution in [2.24, 2.45) is 5.41 Å². The molecule has 0 radical (unpaired) electrons. The second-order valence-corrected chi connectivity index (χ2v) is 5.03. The van der Waals surface area contributed by atoms with E-state index in [4.69, 9.17) is 0 Å². The van der Waals surface area contributed by atoms with Crippen LogP contribution in [0.5, 0.6) is 0 Å². The zero-order valence-corrected chi connectivity index (χ0v) is 10.3. The van der Waals surface area contributed by atoms with Crippen LogP contribution in [0.15, 0.2) is 12.4 Å². The van der Waals surface area contributed by atoms with Crippen molar-refractivity contribution in [1.82, 2.24) is 15.3 Å². The number of hydrogen-bond donors (Lipinski definition) is 1. The second-order valence-electron chi connectivity index (χ2n) is 5.03. The summed E-state index contributed by atoms with van der Waals surface area (Å²) in [6.45, 7) is 7.57. The van der Waals surface area contributed by atoms with Gasteiger partial charge in [0.05, 0.1) is 0 Å². The van der Waals surface area contributed by atoms with E-state index in [1.54, 1.807) is 6.33 Å². The van der Waals surface area contributed by atoms with Gasteiger partial charge in [0.2, 0.25) is 0 Å². The van der Waals surface area contributed by atoms with E-state index in [2.05, 4.69) is 33.2 Å². The number of aromatic nitrogens is 2. The molecule has 16 heavy (non-hydrogen) atoms. The van der Waals surface area contributed by atoms with Crippen LogP contribution in [0.3, 0.4) is 0 Å². The summed E-state index contributed by atoms with van der Waals surface area (Å²) in [5, 5.41) is 3.27. The lowest BCUT2D eigenvalue weighted by atomic mass is 9.90. The Labute approximate surface area is 97.1 Å². The third-order valence-corrected chi connectivity index (χ3v) is 3.27. The Kier molecular flexibility index (Phi) is 3.10. The molecule has 1 aromatic heterocycles. The Hall–Kier alpha value is -1.16. The van der Waals surface area contributed by atoms with Gasteiger partial charge >= 0.3 is 0 Å². The molecule has 1 unspecified atom stereocenters. The van der Waals surface area contributed by atoms with Gasteiger partial charge in [-0.25, -0.2) is 9.97 Å². The Morgan fingerprint density at radius 2 is 2.31 bits per heavy atom. The maximum Gasteiger partial charge on any atom is 0.132 e. The average Bonchev–Trinajstić information content (AvgIpc) is 2.61. The summed E-state index contributed by atoms with van der Waals surface area (Å²) in [7, 11) is 2.02. The summed E-state index contributed by atoms with van der Waals surface area (Å²) in [4.78, 5) is 10.8. The number of nitrogens with zero attached hydrogens (tertiary/aromatic N) is 3. The molecule has 0 saturated carbocycles. The van der Waals surface area contributed by atoms with Crippen molar-refractivity contribution < 1.29 is 0 Å². The molecule has 1 saturated heterocycles. The Morgan fingerprint density at radius 1 is 1.50 bits per heavy atom. The van der Waals surface area contributed by atoms with Crippen molar-refractivity contribution in [3.8, 4) is 0 Å². The minimum atomic E-state index is 0.369. The second kappa shape index (κ2) is 4.37. The van der Waals surface area contributed by atoms with Crippen LogP contribution in [0.1, 0.15) is 19.0 Å². The van der Waals surface area contributed by atoms with E-state index >= 15 is 0 Å². The lowest BCUT2D eigenvalue weighted by molar-refractivity contribution is 0.355. The van der Waals surface area contributed by atoms with Gasteiger partial charge in [-0.3, -0.25) is 0 Å². The number of hydrogen-bond acceptors (Lipinski definition) is 4. The summed E-state index contributed by atoms with van der Waals surface area (Å²) >= 11 is 0. The highest BCUT2D eigenvalue weighted by Gasteiger charge is 2.33. The molecule has 1 aromatic rings. The fourth-order valence-electron chi connectivity index (χ4n) is 2.40. The molecule has 4 nitrogen and oxygen atoms in total. The maximum atomic E-state index is 4.34. The third kappa shape index (κ3) is 2.32. The molecule has 0 bridgehead atoms. The Bertz CT molecular complexity index is 366. The van der Waals surface area contributed by atoms with Crippen molar-refractivity contribution in [1.29, 1.82) is 0 Å². The highest BCUT2D eigenvalue weighted by Crippen LogP contribution is 2.31. The van der Waals surface area contributed by atoms with Gasteiger partial charge in [-0.2, -0.15) is 0 Å². The highest BCUT2D eigenvalue weighted by atomic mass is 15.2. The van der Waals surface area contributed by atoms with E-state index in [-0.39, 0.29) is 0 Å². The van der Waals surface area contributed by atoms with Gasteiger partial charge in [0, 0.05) is 31.4 Å². The smallest absolute Gasteiger partial charge is 0.132 e. The molecule has 0 aromatic carbocycles. The van der Waals surface area contributed by atoms with Crippen molar-refractivity contribution in [2.75, 3.05) is 31.6 Å². The van der Waals surface area contributed by atoms with Gasteiger partial charge in [-0.1, -0.05) is 6.92 Å². The zero-order valence-electron chi connectivity index (χ0n) is 10.3. The Morgan fingerprint density at radius 3 is 3.00 bits per heavy atom. The van der Waals surface area contributed by atoms with Crippen molar-refractivity contribution in [3.63, 3.8) is 0 Å². The predicted octanol–water partition coefficient (Wildman–Crippen LogP) is 1.22. The van der Waals surface area contributed by atoms with E-state index in [0.29, 0.717) is 5.41 Å². The summed E-state index contributed by atoms with van der Waals surface area (Å²) in [6.07, 6.45) is 2.87. The first-order chi connectivity index (χ1) is 7.63. The molecule has 0 spiro atoms. The first kappa shape index (κ1) is 11.3. The predicted molar refractivity (Wildman–Crippen MR) is 65.6 cm³/mol. The number of rotatable bonds is 3. The summed E-state index contributed by atoms with van der Waals surface area (Å²) in [5.74, 6) is 1.06. The van der Waals surface area contributed by atoms with Crippen LogP contribution in [0, 0.1) is 12.3 Å². The SMILES string of the molecule is CNCC1(C)CCN(c2cc(C)ncn2)C1. The lowest BCUT2D eigenvalue weighted by Crippen LogP contribution is -2.33. The van der Waals surface area contributed by atoms with Crippen LogP contribution in [0.4, 0.5) is 5.82 Å². The number of aryl methyl sites for hydroxylation is 1. The van der Waals surface area contributed by atoms with Crippen LogP contribution in [0.2, 0.25) is 0 Å². The first-order valence-corrected chi connectivity index (χ1v) is 5.81. The summed E-state index contributed by atoms with van der Waals surface area (Å²) in [6, 6.07) is 2.06. The van der Waals surface area contributed by atoms with Gasteiger partial charge in [0.1, 0.15) is 12.1 Å². The van der Waals surface area contributed by atoms with Crippen LogP contribution < -0.4 is 10.2 Å². The van der Waals surface area contributed by atoms with Gasteiger partial charge in [-0.05, 0) is 25.8 Å². The normalized spacial score (nSPS) is 25.1. The van der Waals surface area contributed by atoms with Crippen LogP contribution >= 0.6 is 0 Å². The molecule has 2 heterocycles. The van der Waals surface area contributed by atoms with Gasteiger partial charge in [0.25, 0.3) is 0 Å². The standard InChI is InChI=1S/C12H20N4/c1-10-6-11(15-9-14-10)16-5-4-12(2,8-16)7-13-3/h6,9,13H,4-5,7-8H2,1-3H3. The van der Waals surface area contributed by atoms with Crippen LogP contribution in [-0.4, -0.2) is 36.6 Å². The number of nitrogens with one attached hydrogen (secondary N) is 1. The first-order valence-electron chi connectivity index (χ1n) is 5.81. The highest BCUT2D eigenvalue weighted by molar-refractivity contribution is 5.40. The van der Waals surface area contributed by atoms with E-state index in [0.717, 1.165) is 31.1 Å². The third-order valence-electron chi connectivity index (χ3n) is 3.27. The molecule has 4 heteroatoms. The van der Waals surface area contributed by atoms with E-state index in [9.17, 15) is 0 Å². The van der Waals surface area contributed by atoms with Crippen molar-refractivity contribution >= 4 is 5.82 Å². The van der Waals surface area contributed by atoms with Gasteiger partial charge in [0.15, 0.2) is 0 Å². The van der Waals surface area contributed by atoms with Crippen molar-refractivity contribution in [2.45, 2.75) is 20.3 Å². The monoisotopic (exact) mass is 220 g/mol. The fraction of sp³-hybridized carbons (Fsp3) is 0.667. The molecular formula is C12H20N4. The molecule has 88 valence electrons. The van der Waals surface area contributed by atoms with Gasteiger partial charge < -0.3 is 10.2 Å². The molecule has 1 aliphatic heterocycles. The minimum Gasteiger partial charge on any atom is -0.356 e. The van der Waals surface area contributed by atoms with Crippen molar-refractivity contribution in [3.05, 3.63) is 18.1 Å². The molecule has 1 atom stereocenters. The van der Waals surface area contributed by atoms with E-state index in [1.165, 1.54) is 6.42 Å². The quantitative estimate of drug-likeness (QED) is 0.831. The van der Waals surface area contributed by atoms with Gasteiger partial charge in [-0.15, -0.1) is 0 Å². The van der Waals surface area contributed by atoms with Crippen LogP contribution in [-0.2, 0) is 0 Å². The summed E-state index contributed by atoms with van der Waals surface area (Å²) < 4.78 is 0. The van der Waals surface area contributed by atoms with E-state index < -0.39 is 0 Å². The topological polar surface area (TPSA) is 41.0 Å².